The van der Waals surface area contributed by atoms with Gasteiger partial charge >= 0.3 is 0 Å². The van der Waals surface area contributed by atoms with Crippen LogP contribution in [0.25, 0.3) is 11.4 Å². The normalized spacial score (nSPS) is 21.4. The SMILES string of the molecule is NC(=O)[C@@H]1CCCN1c1ccc2c(c1)OCCn1cc(N3CCOCC3=O)nc1-2. The number of carbonyl (C=O) groups is 2. The molecule has 2 saturated heterocycles. The first-order chi connectivity index (χ1) is 14.1. The van der Waals surface area contributed by atoms with Gasteiger partial charge in [0.05, 0.1) is 25.3 Å². The number of aromatic nitrogens is 2. The number of fused-ring (bicyclic) bond motifs is 3. The number of imidazole rings is 1. The van der Waals surface area contributed by atoms with Gasteiger partial charge in [0.2, 0.25) is 5.91 Å². The molecule has 1 atom stereocenters. The van der Waals surface area contributed by atoms with E-state index >= 15 is 0 Å². The zero-order valence-corrected chi connectivity index (χ0v) is 16.0. The fourth-order valence-corrected chi connectivity index (χ4v) is 4.30. The Bertz CT molecular complexity index is 972. The summed E-state index contributed by atoms with van der Waals surface area (Å²) in [5.74, 6) is 1.75. The number of primary amides is 1. The number of nitrogens with two attached hydrogens (primary N) is 1. The largest absolute Gasteiger partial charge is 0.491 e. The van der Waals surface area contributed by atoms with Crippen LogP contribution >= 0.6 is 0 Å². The van der Waals surface area contributed by atoms with Crippen LogP contribution < -0.4 is 20.3 Å². The van der Waals surface area contributed by atoms with Crippen molar-refractivity contribution in [3.8, 4) is 17.1 Å². The van der Waals surface area contributed by atoms with E-state index in [-0.39, 0.29) is 24.5 Å². The van der Waals surface area contributed by atoms with Gasteiger partial charge in [-0.15, -0.1) is 0 Å². The molecule has 0 bridgehead atoms. The van der Waals surface area contributed by atoms with E-state index in [4.69, 9.17) is 20.2 Å². The molecule has 5 rings (SSSR count). The minimum Gasteiger partial charge on any atom is -0.491 e. The second kappa shape index (κ2) is 7.07. The van der Waals surface area contributed by atoms with Crippen LogP contribution in [0.4, 0.5) is 11.5 Å². The Morgan fingerprint density at radius 1 is 1.21 bits per heavy atom. The van der Waals surface area contributed by atoms with Crippen LogP contribution in [0.2, 0.25) is 0 Å². The number of carbonyl (C=O) groups excluding carboxylic acids is 2. The molecule has 3 aliphatic rings. The highest BCUT2D eigenvalue weighted by atomic mass is 16.5. The second-order valence-corrected chi connectivity index (χ2v) is 7.50. The molecular weight excluding hydrogens is 374 g/mol. The molecule has 2 aromatic rings. The van der Waals surface area contributed by atoms with Crippen LogP contribution in [-0.4, -0.2) is 60.3 Å². The Morgan fingerprint density at radius 2 is 2.10 bits per heavy atom. The number of morpholine rings is 1. The van der Waals surface area contributed by atoms with Gasteiger partial charge in [-0.25, -0.2) is 4.98 Å². The smallest absolute Gasteiger partial charge is 0.254 e. The predicted octanol–water partition coefficient (Wildman–Crippen LogP) is 0.760. The first-order valence-corrected chi connectivity index (χ1v) is 9.90. The van der Waals surface area contributed by atoms with Crippen molar-refractivity contribution < 1.29 is 19.1 Å². The van der Waals surface area contributed by atoms with E-state index < -0.39 is 0 Å². The van der Waals surface area contributed by atoms with Crippen molar-refractivity contribution in [1.82, 2.24) is 9.55 Å². The Morgan fingerprint density at radius 3 is 2.93 bits per heavy atom. The lowest BCUT2D eigenvalue weighted by Gasteiger charge is -2.25. The quantitative estimate of drug-likeness (QED) is 0.820. The van der Waals surface area contributed by atoms with Crippen molar-refractivity contribution in [2.24, 2.45) is 5.73 Å². The fourth-order valence-electron chi connectivity index (χ4n) is 4.30. The van der Waals surface area contributed by atoms with Crippen molar-refractivity contribution in [3.05, 3.63) is 24.4 Å². The summed E-state index contributed by atoms with van der Waals surface area (Å²) < 4.78 is 13.2. The average Bonchev–Trinajstić information content (AvgIpc) is 3.33. The second-order valence-electron chi connectivity index (χ2n) is 7.50. The van der Waals surface area contributed by atoms with Crippen LogP contribution in [0.15, 0.2) is 24.4 Å². The minimum absolute atomic E-state index is 0.0807. The summed E-state index contributed by atoms with van der Waals surface area (Å²) in [5.41, 5.74) is 7.36. The molecule has 3 aliphatic heterocycles. The zero-order valence-electron chi connectivity index (χ0n) is 16.0. The molecule has 9 heteroatoms. The summed E-state index contributed by atoms with van der Waals surface area (Å²) in [4.78, 5) is 32.4. The third-order valence-electron chi connectivity index (χ3n) is 5.73. The van der Waals surface area contributed by atoms with Gasteiger partial charge in [0, 0.05) is 24.5 Å². The maximum atomic E-state index is 12.2. The van der Waals surface area contributed by atoms with Gasteiger partial charge in [-0.2, -0.15) is 0 Å². The van der Waals surface area contributed by atoms with E-state index in [1.807, 2.05) is 33.9 Å². The van der Waals surface area contributed by atoms with E-state index in [0.717, 1.165) is 42.2 Å². The number of benzene rings is 1. The Balaban J connectivity index is 1.50. The standard InChI is InChI=1S/C20H23N5O4/c21-19(27)15-2-1-5-24(15)13-3-4-14-16(10-13)29-9-6-23-11-17(22-20(14)23)25-7-8-28-12-18(25)26/h3-4,10-11,15H,1-2,5-9,12H2,(H2,21,27)/t15-/m0/s1. The predicted molar refractivity (Wildman–Crippen MR) is 106 cm³/mol. The lowest BCUT2D eigenvalue weighted by atomic mass is 10.1. The molecule has 2 N–H and O–H groups in total. The molecular formula is C20H23N5O4. The van der Waals surface area contributed by atoms with Gasteiger partial charge in [0.25, 0.3) is 5.91 Å². The van der Waals surface area contributed by atoms with Crippen molar-refractivity contribution >= 4 is 23.3 Å². The van der Waals surface area contributed by atoms with Crippen molar-refractivity contribution in [1.29, 1.82) is 0 Å². The van der Waals surface area contributed by atoms with E-state index in [1.165, 1.54) is 0 Å². The summed E-state index contributed by atoms with van der Waals surface area (Å²) in [6, 6.07) is 5.63. The van der Waals surface area contributed by atoms with Crippen LogP contribution in [0.3, 0.4) is 0 Å². The molecule has 0 radical (unpaired) electrons. The molecule has 0 unspecified atom stereocenters. The monoisotopic (exact) mass is 397 g/mol. The molecule has 0 saturated carbocycles. The molecule has 9 nitrogen and oxygen atoms in total. The highest BCUT2D eigenvalue weighted by Crippen LogP contribution is 2.38. The third-order valence-corrected chi connectivity index (χ3v) is 5.73. The molecule has 4 heterocycles. The molecule has 29 heavy (non-hydrogen) atoms. The summed E-state index contributed by atoms with van der Waals surface area (Å²) in [5, 5.41) is 0. The molecule has 0 aliphatic carbocycles. The van der Waals surface area contributed by atoms with Gasteiger partial charge in [0.1, 0.15) is 30.8 Å². The van der Waals surface area contributed by atoms with Gasteiger partial charge in [0.15, 0.2) is 5.82 Å². The molecule has 0 spiro atoms. The van der Waals surface area contributed by atoms with E-state index in [0.29, 0.717) is 32.1 Å². The van der Waals surface area contributed by atoms with Crippen molar-refractivity contribution in [3.63, 3.8) is 0 Å². The lowest BCUT2D eigenvalue weighted by molar-refractivity contribution is -0.125. The number of hydrogen-bond acceptors (Lipinski definition) is 6. The topological polar surface area (TPSA) is 103 Å². The molecule has 2 amide bonds. The fraction of sp³-hybridized carbons (Fsp3) is 0.450. The number of amides is 2. The third kappa shape index (κ3) is 3.11. The van der Waals surface area contributed by atoms with Crippen LogP contribution in [0.5, 0.6) is 5.75 Å². The number of hydrogen-bond donors (Lipinski definition) is 1. The number of ether oxygens (including phenoxy) is 2. The van der Waals surface area contributed by atoms with Gasteiger partial charge in [-0.1, -0.05) is 0 Å². The first-order valence-electron chi connectivity index (χ1n) is 9.90. The van der Waals surface area contributed by atoms with Gasteiger partial charge < -0.3 is 24.7 Å². The lowest BCUT2D eigenvalue weighted by Crippen LogP contribution is -2.41. The summed E-state index contributed by atoms with van der Waals surface area (Å²) >= 11 is 0. The Hall–Kier alpha value is -3.07. The Kier molecular flexibility index (Phi) is 4.39. The average molecular weight is 397 g/mol. The van der Waals surface area contributed by atoms with Crippen molar-refractivity contribution in [2.45, 2.75) is 25.4 Å². The van der Waals surface area contributed by atoms with E-state index in [1.54, 1.807) is 4.90 Å². The molecule has 1 aromatic carbocycles. The van der Waals surface area contributed by atoms with Gasteiger partial charge in [-0.05, 0) is 25.0 Å². The number of anilines is 2. The molecule has 152 valence electrons. The Labute approximate surface area is 168 Å². The minimum atomic E-state index is -0.297. The molecule has 1 aromatic heterocycles. The van der Waals surface area contributed by atoms with Crippen LogP contribution in [0.1, 0.15) is 12.8 Å². The van der Waals surface area contributed by atoms with E-state index in [9.17, 15) is 9.59 Å². The zero-order chi connectivity index (χ0) is 20.0. The highest BCUT2D eigenvalue weighted by Gasteiger charge is 2.31. The highest BCUT2D eigenvalue weighted by molar-refractivity contribution is 5.94. The van der Waals surface area contributed by atoms with E-state index in [2.05, 4.69) is 0 Å². The van der Waals surface area contributed by atoms with Crippen LogP contribution in [0, 0.1) is 0 Å². The number of nitrogens with zero attached hydrogens (tertiary/aromatic N) is 4. The van der Waals surface area contributed by atoms with Crippen LogP contribution in [-0.2, 0) is 20.9 Å². The van der Waals surface area contributed by atoms with Gasteiger partial charge in [-0.3, -0.25) is 14.5 Å². The molecule has 2 fully saturated rings. The summed E-state index contributed by atoms with van der Waals surface area (Å²) in [7, 11) is 0. The van der Waals surface area contributed by atoms with Crippen molar-refractivity contribution in [2.75, 3.05) is 42.7 Å². The maximum absolute atomic E-state index is 12.2. The summed E-state index contributed by atoms with van der Waals surface area (Å²) in [6.07, 6.45) is 3.61. The number of rotatable bonds is 3. The maximum Gasteiger partial charge on any atom is 0.254 e. The first kappa shape index (κ1) is 18.0. The summed E-state index contributed by atoms with van der Waals surface area (Å²) in [6.45, 7) is 3.02.